The summed E-state index contributed by atoms with van der Waals surface area (Å²) in [5.41, 5.74) is 0.733. The Hall–Kier alpha value is -1.55. The van der Waals surface area contributed by atoms with Crippen LogP contribution in [0.25, 0.3) is 0 Å². The summed E-state index contributed by atoms with van der Waals surface area (Å²) in [5, 5.41) is 6.61. The smallest absolute Gasteiger partial charge is 0.328 e. The summed E-state index contributed by atoms with van der Waals surface area (Å²) < 4.78 is 10.6. The standard InChI is InChI=1S/C22H36N4O3.HI/c1-6-23-21(25-16-20(27)29-22(2,3)4)24-15-19(26-13-7-8-14-26)17-9-11-18(28-5)12-10-17;/h9-12,19H,6-8,13-16H2,1-5H3,(H2,23,24,25);1H. The summed E-state index contributed by atoms with van der Waals surface area (Å²) in [6.07, 6.45) is 2.44. The fourth-order valence-corrected chi connectivity index (χ4v) is 3.39. The molecule has 2 rings (SSSR count). The Morgan fingerprint density at radius 2 is 1.80 bits per heavy atom. The molecule has 0 radical (unpaired) electrons. The number of benzene rings is 1. The molecule has 1 unspecified atom stereocenters. The number of methoxy groups -OCH3 is 1. The molecule has 1 aliphatic heterocycles. The molecule has 8 heteroatoms. The van der Waals surface area contributed by atoms with Gasteiger partial charge in [0.1, 0.15) is 17.9 Å². The summed E-state index contributed by atoms with van der Waals surface area (Å²) >= 11 is 0. The molecule has 1 atom stereocenters. The quantitative estimate of drug-likeness (QED) is 0.232. The highest BCUT2D eigenvalue weighted by Gasteiger charge is 2.24. The van der Waals surface area contributed by atoms with E-state index in [4.69, 9.17) is 9.47 Å². The minimum absolute atomic E-state index is 0. The molecule has 30 heavy (non-hydrogen) atoms. The molecule has 170 valence electrons. The van der Waals surface area contributed by atoms with E-state index in [0.29, 0.717) is 12.5 Å². The number of nitrogens with zero attached hydrogens (tertiary/aromatic N) is 2. The fourth-order valence-electron chi connectivity index (χ4n) is 3.39. The number of carbonyl (C=O) groups is 1. The molecule has 1 aromatic rings. The second kappa shape index (κ2) is 13.0. The van der Waals surface area contributed by atoms with E-state index in [0.717, 1.165) is 25.4 Å². The number of esters is 1. The number of ether oxygens (including phenoxy) is 2. The van der Waals surface area contributed by atoms with Crippen LogP contribution < -0.4 is 15.4 Å². The number of aliphatic imine (C=N–C) groups is 1. The molecule has 0 amide bonds. The SMILES string of the molecule is CCNC(=NCC(=O)OC(C)(C)C)NCC(c1ccc(OC)cc1)N1CCCC1.I. The Labute approximate surface area is 198 Å². The monoisotopic (exact) mass is 532 g/mol. The molecular weight excluding hydrogens is 495 g/mol. The van der Waals surface area contributed by atoms with Gasteiger partial charge in [-0.25, -0.2) is 4.99 Å². The number of halogens is 1. The van der Waals surface area contributed by atoms with Crippen molar-refractivity contribution in [1.29, 1.82) is 0 Å². The maximum Gasteiger partial charge on any atom is 0.328 e. The molecule has 0 spiro atoms. The largest absolute Gasteiger partial charge is 0.497 e. The summed E-state index contributed by atoms with van der Waals surface area (Å²) in [5.74, 6) is 1.14. The van der Waals surface area contributed by atoms with E-state index in [-0.39, 0.29) is 42.5 Å². The average Bonchev–Trinajstić information content (AvgIpc) is 3.19. The van der Waals surface area contributed by atoms with Crippen molar-refractivity contribution < 1.29 is 14.3 Å². The number of likely N-dealkylation sites (tertiary alicyclic amines) is 1. The Morgan fingerprint density at radius 3 is 2.33 bits per heavy atom. The molecule has 1 aromatic carbocycles. The lowest BCUT2D eigenvalue weighted by molar-refractivity contribution is -0.152. The molecule has 1 heterocycles. The van der Waals surface area contributed by atoms with E-state index < -0.39 is 5.60 Å². The third-order valence-corrected chi connectivity index (χ3v) is 4.68. The van der Waals surface area contributed by atoms with Crippen LogP contribution in [0.15, 0.2) is 29.3 Å². The molecule has 0 aliphatic carbocycles. The van der Waals surface area contributed by atoms with E-state index in [2.05, 4.69) is 32.7 Å². The lowest BCUT2D eigenvalue weighted by Crippen LogP contribution is -2.43. The van der Waals surface area contributed by atoms with E-state index in [1.807, 2.05) is 39.8 Å². The van der Waals surface area contributed by atoms with Crippen LogP contribution >= 0.6 is 24.0 Å². The molecule has 1 saturated heterocycles. The minimum atomic E-state index is -0.506. The fraction of sp³-hybridized carbons (Fsp3) is 0.636. The number of carbonyl (C=O) groups excluding carboxylic acids is 1. The van der Waals surface area contributed by atoms with Gasteiger partial charge >= 0.3 is 5.97 Å². The third kappa shape index (κ3) is 9.07. The van der Waals surface area contributed by atoms with Gasteiger partial charge in [0.05, 0.1) is 13.2 Å². The van der Waals surface area contributed by atoms with E-state index >= 15 is 0 Å². The van der Waals surface area contributed by atoms with Gasteiger partial charge in [0.2, 0.25) is 0 Å². The first kappa shape index (κ1) is 26.5. The first-order valence-electron chi connectivity index (χ1n) is 10.4. The van der Waals surface area contributed by atoms with E-state index in [9.17, 15) is 4.79 Å². The van der Waals surface area contributed by atoms with Crippen molar-refractivity contribution in [3.8, 4) is 5.75 Å². The normalized spacial score (nSPS) is 15.8. The van der Waals surface area contributed by atoms with Gasteiger partial charge in [-0.05, 0) is 71.3 Å². The molecule has 0 aromatic heterocycles. The number of hydrogen-bond acceptors (Lipinski definition) is 5. The van der Waals surface area contributed by atoms with Gasteiger partial charge < -0.3 is 20.1 Å². The Balaban J connectivity index is 0.00000450. The first-order valence-corrected chi connectivity index (χ1v) is 10.4. The van der Waals surface area contributed by atoms with Crippen LogP contribution in [0, 0.1) is 0 Å². The Morgan fingerprint density at radius 1 is 1.17 bits per heavy atom. The van der Waals surface area contributed by atoms with E-state index in [1.165, 1.54) is 18.4 Å². The number of nitrogens with one attached hydrogen (secondary N) is 2. The second-order valence-corrected chi connectivity index (χ2v) is 8.19. The predicted octanol–water partition coefficient (Wildman–Crippen LogP) is 3.35. The van der Waals surface area contributed by atoms with Crippen LogP contribution in [0.5, 0.6) is 5.75 Å². The van der Waals surface area contributed by atoms with Gasteiger partial charge in [0, 0.05) is 13.1 Å². The molecular formula is C22H37IN4O3. The molecule has 1 fully saturated rings. The van der Waals surface area contributed by atoms with Gasteiger partial charge in [-0.1, -0.05) is 12.1 Å². The van der Waals surface area contributed by atoms with Crippen LogP contribution in [0.3, 0.4) is 0 Å². The Kier molecular flexibility index (Phi) is 11.5. The second-order valence-electron chi connectivity index (χ2n) is 8.19. The zero-order valence-electron chi connectivity index (χ0n) is 18.9. The molecule has 1 aliphatic rings. The third-order valence-electron chi connectivity index (χ3n) is 4.68. The zero-order chi connectivity index (χ0) is 21.3. The minimum Gasteiger partial charge on any atom is -0.497 e. The van der Waals surface area contributed by atoms with Crippen molar-refractivity contribution in [2.45, 2.75) is 52.2 Å². The highest BCUT2D eigenvalue weighted by atomic mass is 127. The van der Waals surface area contributed by atoms with Crippen molar-refractivity contribution in [3.63, 3.8) is 0 Å². The molecule has 0 bridgehead atoms. The maximum absolute atomic E-state index is 12.0. The highest BCUT2D eigenvalue weighted by molar-refractivity contribution is 14.0. The van der Waals surface area contributed by atoms with Gasteiger partial charge in [-0.3, -0.25) is 9.69 Å². The van der Waals surface area contributed by atoms with Crippen LogP contribution in [0.1, 0.15) is 52.1 Å². The van der Waals surface area contributed by atoms with Gasteiger partial charge in [0.25, 0.3) is 0 Å². The van der Waals surface area contributed by atoms with Crippen LogP contribution in [0.4, 0.5) is 0 Å². The summed E-state index contributed by atoms with van der Waals surface area (Å²) in [6, 6.07) is 8.47. The lowest BCUT2D eigenvalue weighted by Gasteiger charge is -2.29. The van der Waals surface area contributed by atoms with E-state index in [1.54, 1.807) is 7.11 Å². The van der Waals surface area contributed by atoms with Crippen molar-refractivity contribution in [2.75, 3.05) is 39.8 Å². The van der Waals surface area contributed by atoms with Crippen molar-refractivity contribution in [1.82, 2.24) is 15.5 Å². The predicted molar refractivity (Wildman–Crippen MR) is 132 cm³/mol. The molecule has 2 N–H and O–H groups in total. The van der Waals surface area contributed by atoms with Crippen LogP contribution in [-0.4, -0.2) is 62.3 Å². The van der Waals surface area contributed by atoms with Gasteiger partial charge in [-0.15, -0.1) is 24.0 Å². The van der Waals surface area contributed by atoms with Gasteiger partial charge in [-0.2, -0.15) is 0 Å². The van der Waals surface area contributed by atoms with Crippen molar-refractivity contribution >= 4 is 35.9 Å². The first-order chi connectivity index (χ1) is 13.8. The number of guanidine groups is 1. The summed E-state index contributed by atoms with van der Waals surface area (Å²) in [6.45, 7) is 11.2. The van der Waals surface area contributed by atoms with Gasteiger partial charge in [0.15, 0.2) is 5.96 Å². The Bertz CT molecular complexity index is 668. The topological polar surface area (TPSA) is 75.2 Å². The highest BCUT2D eigenvalue weighted by Crippen LogP contribution is 2.26. The molecule has 7 nitrogen and oxygen atoms in total. The number of hydrogen-bond donors (Lipinski definition) is 2. The maximum atomic E-state index is 12.0. The van der Waals surface area contributed by atoms with Crippen molar-refractivity contribution in [2.24, 2.45) is 4.99 Å². The summed E-state index contributed by atoms with van der Waals surface area (Å²) in [7, 11) is 1.68. The van der Waals surface area contributed by atoms with Crippen LogP contribution in [-0.2, 0) is 9.53 Å². The molecule has 0 saturated carbocycles. The summed E-state index contributed by atoms with van der Waals surface area (Å²) in [4.78, 5) is 18.9. The number of rotatable bonds is 8. The lowest BCUT2D eigenvalue weighted by atomic mass is 10.1. The zero-order valence-corrected chi connectivity index (χ0v) is 21.2. The van der Waals surface area contributed by atoms with Crippen molar-refractivity contribution in [3.05, 3.63) is 29.8 Å². The average molecular weight is 532 g/mol. The van der Waals surface area contributed by atoms with Crippen LogP contribution in [0.2, 0.25) is 0 Å².